The molecule has 3 aromatic rings. The molecule has 0 unspecified atom stereocenters. The second-order valence-electron chi connectivity index (χ2n) is 6.86. The number of anilines is 1. The van der Waals surface area contributed by atoms with Gasteiger partial charge in [-0.15, -0.1) is 0 Å². The van der Waals surface area contributed by atoms with Crippen LogP contribution in [0.3, 0.4) is 0 Å². The standard InChI is InChI=1S/C20H24N4OS/c21-14-16-8-4-9-17-18(16)22-20(26-17)24(19(25)15-6-3-7-15)13-5-12-23-10-1-2-11-23/h1-2,4,8-11,15H,3,5-7,12-14,21H2. The molecule has 0 aliphatic heterocycles. The molecule has 6 heteroatoms. The maximum atomic E-state index is 13.0. The summed E-state index contributed by atoms with van der Waals surface area (Å²) in [7, 11) is 0. The van der Waals surface area contributed by atoms with Crippen LogP contribution in [0.15, 0.2) is 42.7 Å². The molecule has 1 amide bonds. The molecule has 1 aromatic carbocycles. The molecule has 2 heterocycles. The molecule has 2 N–H and O–H groups in total. The van der Waals surface area contributed by atoms with Crippen LogP contribution in [-0.2, 0) is 17.9 Å². The zero-order chi connectivity index (χ0) is 17.9. The Hall–Kier alpha value is -2.18. The number of fused-ring (bicyclic) bond motifs is 1. The fraction of sp³-hybridized carbons (Fsp3) is 0.400. The van der Waals surface area contributed by atoms with Crippen molar-refractivity contribution >= 4 is 32.6 Å². The zero-order valence-corrected chi connectivity index (χ0v) is 15.6. The van der Waals surface area contributed by atoms with Crippen LogP contribution in [0.25, 0.3) is 10.2 Å². The van der Waals surface area contributed by atoms with E-state index in [1.807, 2.05) is 29.2 Å². The van der Waals surface area contributed by atoms with E-state index in [1.54, 1.807) is 11.3 Å². The molecule has 0 atom stereocenters. The highest BCUT2D eigenvalue weighted by Gasteiger charge is 2.31. The number of para-hydroxylation sites is 1. The van der Waals surface area contributed by atoms with Crippen molar-refractivity contribution in [1.29, 1.82) is 0 Å². The maximum Gasteiger partial charge on any atom is 0.231 e. The highest BCUT2D eigenvalue weighted by atomic mass is 32.1. The Morgan fingerprint density at radius 1 is 1.27 bits per heavy atom. The van der Waals surface area contributed by atoms with E-state index in [0.29, 0.717) is 13.1 Å². The largest absolute Gasteiger partial charge is 0.354 e. The van der Waals surface area contributed by atoms with Gasteiger partial charge in [-0.25, -0.2) is 4.98 Å². The number of benzene rings is 1. The molecule has 5 nitrogen and oxygen atoms in total. The summed E-state index contributed by atoms with van der Waals surface area (Å²) in [6.45, 7) is 2.07. The van der Waals surface area contributed by atoms with Gasteiger partial charge in [-0.05, 0) is 43.0 Å². The Morgan fingerprint density at radius 3 is 2.77 bits per heavy atom. The molecule has 4 rings (SSSR count). The summed E-state index contributed by atoms with van der Waals surface area (Å²) in [5, 5.41) is 0.810. The maximum absolute atomic E-state index is 13.0. The molecule has 1 aliphatic rings. The summed E-state index contributed by atoms with van der Waals surface area (Å²) < 4.78 is 3.25. The van der Waals surface area contributed by atoms with Crippen LogP contribution in [0, 0.1) is 5.92 Å². The zero-order valence-electron chi connectivity index (χ0n) is 14.8. The van der Waals surface area contributed by atoms with E-state index in [-0.39, 0.29) is 11.8 Å². The summed E-state index contributed by atoms with van der Waals surface area (Å²) in [5.41, 5.74) is 7.83. The van der Waals surface area contributed by atoms with Crippen LogP contribution in [-0.4, -0.2) is 22.0 Å². The Balaban J connectivity index is 1.58. The normalized spacial score (nSPS) is 14.5. The fourth-order valence-electron chi connectivity index (χ4n) is 3.38. The Labute approximate surface area is 157 Å². The van der Waals surface area contributed by atoms with Crippen LogP contribution in [0.4, 0.5) is 5.13 Å². The van der Waals surface area contributed by atoms with Crippen molar-refractivity contribution in [3.8, 4) is 0 Å². The minimum atomic E-state index is 0.169. The van der Waals surface area contributed by atoms with E-state index in [9.17, 15) is 4.79 Å². The number of amides is 1. The van der Waals surface area contributed by atoms with Crippen LogP contribution in [0.1, 0.15) is 31.2 Å². The first-order valence-electron chi connectivity index (χ1n) is 9.27. The first kappa shape index (κ1) is 17.2. The Bertz CT molecular complexity index is 882. The topological polar surface area (TPSA) is 64.2 Å². The van der Waals surface area contributed by atoms with Gasteiger partial charge >= 0.3 is 0 Å². The minimum Gasteiger partial charge on any atom is -0.354 e. The highest BCUT2D eigenvalue weighted by molar-refractivity contribution is 7.22. The average molecular weight is 369 g/mol. The lowest BCUT2D eigenvalue weighted by Gasteiger charge is -2.30. The summed E-state index contributed by atoms with van der Waals surface area (Å²) in [5.74, 6) is 0.402. The number of thiazole rings is 1. The third-order valence-electron chi connectivity index (χ3n) is 5.13. The van der Waals surface area contributed by atoms with Crippen molar-refractivity contribution in [3.05, 3.63) is 48.3 Å². The van der Waals surface area contributed by atoms with Gasteiger partial charge in [0.25, 0.3) is 0 Å². The van der Waals surface area contributed by atoms with Gasteiger partial charge in [0.2, 0.25) is 5.91 Å². The number of nitrogens with two attached hydrogens (primary N) is 1. The predicted molar refractivity (Wildman–Crippen MR) is 106 cm³/mol. The van der Waals surface area contributed by atoms with Crippen molar-refractivity contribution in [2.24, 2.45) is 11.7 Å². The monoisotopic (exact) mass is 368 g/mol. The van der Waals surface area contributed by atoms with Gasteiger partial charge in [0.15, 0.2) is 5.13 Å². The van der Waals surface area contributed by atoms with Crippen LogP contribution >= 0.6 is 11.3 Å². The molecule has 1 saturated carbocycles. The average Bonchev–Trinajstić information content (AvgIpc) is 3.25. The lowest BCUT2D eigenvalue weighted by atomic mass is 9.84. The van der Waals surface area contributed by atoms with Gasteiger partial charge in [-0.1, -0.05) is 29.9 Å². The molecule has 0 radical (unpaired) electrons. The smallest absolute Gasteiger partial charge is 0.231 e. The molecule has 26 heavy (non-hydrogen) atoms. The summed E-state index contributed by atoms with van der Waals surface area (Å²) in [6, 6.07) is 10.1. The van der Waals surface area contributed by atoms with E-state index in [4.69, 9.17) is 10.7 Å². The number of carbonyl (C=O) groups is 1. The number of carbonyl (C=O) groups excluding carboxylic acids is 1. The van der Waals surface area contributed by atoms with Crippen LogP contribution < -0.4 is 10.6 Å². The second-order valence-corrected chi connectivity index (χ2v) is 7.87. The molecule has 0 saturated heterocycles. The van der Waals surface area contributed by atoms with Crippen LogP contribution in [0.2, 0.25) is 0 Å². The molecule has 2 aromatic heterocycles. The van der Waals surface area contributed by atoms with E-state index in [0.717, 1.165) is 53.1 Å². The third-order valence-corrected chi connectivity index (χ3v) is 6.17. The van der Waals surface area contributed by atoms with Crippen molar-refractivity contribution < 1.29 is 4.79 Å². The van der Waals surface area contributed by atoms with Gasteiger partial charge in [-0.3, -0.25) is 9.69 Å². The Morgan fingerprint density at radius 2 is 2.08 bits per heavy atom. The van der Waals surface area contributed by atoms with E-state index < -0.39 is 0 Å². The molecular formula is C20H24N4OS. The first-order chi connectivity index (χ1) is 12.8. The van der Waals surface area contributed by atoms with Gasteiger partial charge in [0.1, 0.15) is 0 Å². The van der Waals surface area contributed by atoms with E-state index >= 15 is 0 Å². The van der Waals surface area contributed by atoms with Crippen molar-refractivity contribution in [2.45, 2.75) is 38.8 Å². The number of hydrogen-bond donors (Lipinski definition) is 1. The first-order valence-corrected chi connectivity index (χ1v) is 10.1. The molecule has 0 bridgehead atoms. The lowest BCUT2D eigenvalue weighted by Crippen LogP contribution is -2.39. The summed E-state index contributed by atoms with van der Waals surface area (Å²) in [6.07, 6.45) is 8.20. The fourth-order valence-corrected chi connectivity index (χ4v) is 4.43. The van der Waals surface area contributed by atoms with Gasteiger partial charge in [0.05, 0.1) is 10.2 Å². The van der Waals surface area contributed by atoms with Gasteiger partial charge < -0.3 is 10.3 Å². The van der Waals surface area contributed by atoms with Crippen molar-refractivity contribution in [1.82, 2.24) is 9.55 Å². The Kier molecular flexibility index (Phi) is 5.04. The number of rotatable bonds is 7. The van der Waals surface area contributed by atoms with Crippen LogP contribution in [0.5, 0.6) is 0 Å². The number of nitrogens with zero attached hydrogens (tertiary/aromatic N) is 3. The second kappa shape index (κ2) is 7.60. The number of aryl methyl sites for hydroxylation is 1. The highest BCUT2D eigenvalue weighted by Crippen LogP contribution is 2.35. The third kappa shape index (κ3) is 3.39. The predicted octanol–water partition coefficient (Wildman–Crippen LogP) is 3.78. The van der Waals surface area contributed by atoms with Crippen molar-refractivity contribution in [3.63, 3.8) is 0 Å². The molecule has 0 spiro atoms. The lowest BCUT2D eigenvalue weighted by molar-refractivity contribution is -0.124. The van der Waals surface area contributed by atoms with Gasteiger partial charge in [0, 0.05) is 37.9 Å². The summed E-state index contributed by atoms with van der Waals surface area (Å²) >= 11 is 1.59. The molecule has 1 fully saturated rings. The minimum absolute atomic E-state index is 0.169. The van der Waals surface area contributed by atoms with E-state index in [1.165, 1.54) is 0 Å². The number of hydrogen-bond acceptors (Lipinski definition) is 4. The quantitative estimate of drug-likeness (QED) is 0.690. The van der Waals surface area contributed by atoms with Crippen molar-refractivity contribution in [2.75, 3.05) is 11.4 Å². The SMILES string of the molecule is NCc1cccc2sc(N(CCCn3cccc3)C(=O)C3CCC3)nc12. The molecule has 136 valence electrons. The summed E-state index contributed by atoms with van der Waals surface area (Å²) in [4.78, 5) is 19.7. The molecule has 1 aliphatic carbocycles. The van der Waals surface area contributed by atoms with Gasteiger partial charge in [-0.2, -0.15) is 0 Å². The number of aromatic nitrogens is 2. The molecular weight excluding hydrogens is 344 g/mol. The van der Waals surface area contributed by atoms with E-state index in [2.05, 4.69) is 23.0 Å².